The van der Waals surface area contributed by atoms with Gasteiger partial charge in [-0.2, -0.15) is 0 Å². The molecule has 21 heavy (non-hydrogen) atoms. The van der Waals surface area contributed by atoms with Gasteiger partial charge in [-0.1, -0.05) is 18.2 Å². The van der Waals surface area contributed by atoms with E-state index in [1.165, 1.54) is 12.3 Å². The predicted octanol–water partition coefficient (Wildman–Crippen LogP) is 2.80. The Balaban J connectivity index is 2.02. The fourth-order valence-electron chi connectivity index (χ4n) is 2.75. The first kappa shape index (κ1) is 13.4. The average Bonchev–Trinajstić information content (AvgIpc) is 2.98. The fourth-order valence-corrected chi connectivity index (χ4v) is 2.75. The van der Waals surface area contributed by atoms with E-state index in [0.29, 0.717) is 0 Å². The molecule has 0 bridgehead atoms. The number of para-hydroxylation sites is 1. The summed E-state index contributed by atoms with van der Waals surface area (Å²) < 4.78 is 5.24. The minimum atomic E-state index is -1.06. The Labute approximate surface area is 121 Å². The standard InChI is InChI=1S/C16H15NO4/c1-16(2)11-5-3-4-6-12(11)17(15(16)20)9-13-10(14(18)19)7-8-21-13/h3-8H,9H2,1-2H3,(H,18,19). The zero-order valence-corrected chi connectivity index (χ0v) is 11.8. The van der Waals surface area contributed by atoms with E-state index in [1.807, 2.05) is 38.1 Å². The Bertz CT molecular complexity index is 729. The monoisotopic (exact) mass is 285 g/mol. The second kappa shape index (κ2) is 4.48. The Hall–Kier alpha value is -2.56. The molecule has 0 unspecified atom stereocenters. The van der Waals surface area contributed by atoms with Crippen molar-refractivity contribution in [3.05, 3.63) is 53.5 Å². The van der Waals surface area contributed by atoms with Crippen LogP contribution < -0.4 is 4.90 Å². The lowest BCUT2D eigenvalue weighted by molar-refractivity contribution is -0.122. The largest absolute Gasteiger partial charge is 0.478 e. The second-order valence-electron chi connectivity index (χ2n) is 5.60. The van der Waals surface area contributed by atoms with Crippen molar-refractivity contribution in [1.29, 1.82) is 0 Å². The van der Waals surface area contributed by atoms with Crippen molar-refractivity contribution in [2.24, 2.45) is 0 Å². The van der Waals surface area contributed by atoms with Crippen LogP contribution in [0.4, 0.5) is 5.69 Å². The van der Waals surface area contributed by atoms with Gasteiger partial charge in [-0.25, -0.2) is 4.79 Å². The molecule has 1 aromatic carbocycles. The molecule has 0 saturated carbocycles. The number of carbonyl (C=O) groups excluding carboxylic acids is 1. The molecule has 1 aliphatic heterocycles. The van der Waals surface area contributed by atoms with Gasteiger partial charge < -0.3 is 14.4 Å². The minimum Gasteiger partial charge on any atom is -0.478 e. The lowest BCUT2D eigenvalue weighted by Gasteiger charge is -2.19. The molecule has 5 heteroatoms. The number of amides is 1. The van der Waals surface area contributed by atoms with Gasteiger partial charge in [0.05, 0.1) is 18.2 Å². The number of carboxylic acid groups (broad SMARTS) is 1. The fraction of sp³-hybridized carbons (Fsp3) is 0.250. The van der Waals surface area contributed by atoms with E-state index in [-0.39, 0.29) is 23.8 Å². The number of nitrogens with zero attached hydrogens (tertiary/aromatic N) is 1. The highest BCUT2D eigenvalue weighted by molar-refractivity contribution is 6.07. The molecule has 0 saturated heterocycles. The van der Waals surface area contributed by atoms with Crippen LogP contribution in [-0.4, -0.2) is 17.0 Å². The van der Waals surface area contributed by atoms with Gasteiger partial charge in [0.2, 0.25) is 5.91 Å². The van der Waals surface area contributed by atoms with Crippen LogP contribution >= 0.6 is 0 Å². The summed E-state index contributed by atoms with van der Waals surface area (Å²) in [6, 6.07) is 8.95. The summed E-state index contributed by atoms with van der Waals surface area (Å²) in [7, 11) is 0. The van der Waals surface area contributed by atoms with Crippen LogP contribution in [0, 0.1) is 0 Å². The summed E-state index contributed by atoms with van der Waals surface area (Å²) in [5.74, 6) is -0.835. The Morgan fingerprint density at radius 1 is 1.29 bits per heavy atom. The summed E-state index contributed by atoms with van der Waals surface area (Å²) in [5, 5.41) is 9.13. The highest BCUT2D eigenvalue weighted by Crippen LogP contribution is 2.42. The molecule has 2 heterocycles. The van der Waals surface area contributed by atoms with E-state index in [0.717, 1.165) is 11.3 Å². The van der Waals surface area contributed by atoms with Gasteiger partial charge in [0.25, 0.3) is 0 Å². The van der Waals surface area contributed by atoms with Gasteiger partial charge in [-0.05, 0) is 31.5 Å². The molecular weight excluding hydrogens is 270 g/mol. The third-order valence-electron chi connectivity index (χ3n) is 3.93. The van der Waals surface area contributed by atoms with Gasteiger partial charge in [0, 0.05) is 5.69 Å². The van der Waals surface area contributed by atoms with Gasteiger partial charge in [-0.15, -0.1) is 0 Å². The molecule has 0 atom stereocenters. The maximum absolute atomic E-state index is 12.6. The van der Waals surface area contributed by atoms with E-state index in [4.69, 9.17) is 9.52 Å². The summed E-state index contributed by atoms with van der Waals surface area (Å²) in [5.41, 5.74) is 1.22. The molecule has 1 amide bonds. The topological polar surface area (TPSA) is 70.8 Å². The van der Waals surface area contributed by atoms with Crippen LogP contribution in [-0.2, 0) is 16.8 Å². The molecule has 108 valence electrons. The van der Waals surface area contributed by atoms with Crippen LogP contribution in [0.2, 0.25) is 0 Å². The molecule has 1 aliphatic rings. The maximum Gasteiger partial charge on any atom is 0.339 e. The van der Waals surface area contributed by atoms with E-state index in [2.05, 4.69) is 0 Å². The maximum atomic E-state index is 12.6. The van der Waals surface area contributed by atoms with Crippen molar-refractivity contribution >= 4 is 17.6 Å². The molecule has 0 fully saturated rings. The third kappa shape index (κ3) is 1.93. The lowest BCUT2D eigenvalue weighted by atomic mass is 9.86. The summed E-state index contributed by atoms with van der Waals surface area (Å²) in [6.07, 6.45) is 1.33. The highest BCUT2D eigenvalue weighted by Gasteiger charge is 2.44. The minimum absolute atomic E-state index is 0.0589. The molecule has 3 rings (SSSR count). The van der Waals surface area contributed by atoms with Gasteiger partial charge in [0.1, 0.15) is 11.3 Å². The number of hydrogen-bond donors (Lipinski definition) is 1. The predicted molar refractivity (Wildman–Crippen MR) is 76.3 cm³/mol. The van der Waals surface area contributed by atoms with E-state index < -0.39 is 11.4 Å². The lowest BCUT2D eigenvalue weighted by Crippen LogP contribution is -2.35. The number of fused-ring (bicyclic) bond motifs is 1. The normalized spacial score (nSPS) is 16.1. The summed E-state index contributed by atoms with van der Waals surface area (Å²) in [6.45, 7) is 3.86. The highest BCUT2D eigenvalue weighted by atomic mass is 16.4. The quantitative estimate of drug-likeness (QED) is 0.941. The number of carboxylic acids is 1. The number of hydrogen-bond acceptors (Lipinski definition) is 3. The molecule has 0 radical (unpaired) electrons. The Kier molecular flexibility index (Phi) is 2.86. The first-order valence-electron chi connectivity index (χ1n) is 6.64. The molecule has 1 aromatic heterocycles. The average molecular weight is 285 g/mol. The number of anilines is 1. The van der Waals surface area contributed by atoms with Crippen LogP contribution in [0.15, 0.2) is 41.0 Å². The van der Waals surface area contributed by atoms with Crippen molar-refractivity contribution in [2.45, 2.75) is 25.8 Å². The zero-order chi connectivity index (χ0) is 15.2. The third-order valence-corrected chi connectivity index (χ3v) is 3.93. The number of carbonyl (C=O) groups is 2. The van der Waals surface area contributed by atoms with Crippen molar-refractivity contribution in [3.63, 3.8) is 0 Å². The Morgan fingerprint density at radius 2 is 2.00 bits per heavy atom. The molecule has 2 aromatic rings. The van der Waals surface area contributed by atoms with E-state index in [9.17, 15) is 9.59 Å². The molecular formula is C16H15NO4. The van der Waals surface area contributed by atoms with Gasteiger partial charge in [-0.3, -0.25) is 4.79 Å². The number of furan rings is 1. The van der Waals surface area contributed by atoms with E-state index >= 15 is 0 Å². The molecule has 1 N–H and O–H groups in total. The second-order valence-corrected chi connectivity index (χ2v) is 5.60. The number of benzene rings is 1. The Morgan fingerprint density at radius 3 is 2.71 bits per heavy atom. The summed E-state index contributed by atoms with van der Waals surface area (Å²) in [4.78, 5) is 25.4. The van der Waals surface area contributed by atoms with Crippen LogP contribution in [0.3, 0.4) is 0 Å². The summed E-state index contributed by atoms with van der Waals surface area (Å²) >= 11 is 0. The number of aromatic carboxylic acids is 1. The first-order valence-corrected chi connectivity index (χ1v) is 6.64. The molecule has 0 spiro atoms. The van der Waals surface area contributed by atoms with Crippen molar-refractivity contribution in [1.82, 2.24) is 0 Å². The first-order chi connectivity index (χ1) is 9.93. The van der Waals surface area contributed by atoms with Crippen LogP contribution in [0.5, 0.6) is 0 Å². The SMILES string of the molecule is CC1(C)C(=O)N(Cc2occc2C(=O)O)c2ccccc21. The van der Waals surface area contributed by atoms with Crippen LogP contribution in [0.25, 0.3) is 0 Å². The molecule has 0 aliphatic carbocycles. The molecule has 5 nitrogen and oxygen atoms in total. The smallest absolute Gasteiger partial charge is 0.339 e. The van der Waals surface area contributed by atoms with Crippen LogP contribution in [0.1, 0.15) is 35.5 Å². The van der Waals surface area contributed by atoms with Crippen molar-refractivity contribution in [3.8, 4) is 0 Å². The van der Waals surface area contributed by atoms with E-state index in [1.54, 1.807) is 4.90 Å². The van der Waals surface area contributed by atoms with Gasteiger partial charge in [0.15, 0.2) is 0 Å². The van der Waals surface area contributed by atoms with Crippen molar-refractivity contribution in [2.75, 3.05) is 4.90 Å². The van der Waals surface area contributed by atoms with Gasteiger partial charge >= 0.3 is 5.97 Å². The zero-order valence-electron chi connectivity index (χ0n) is 11.8. The number of rotatable bonds is 3. The van der Waals surface area contributed by atoms with Crippen molar-refractivity contribution < 1.29 is 19.1 Å².